The summed E-state index contributed by atoms with van der Waals surface area (Å²) in [6.07, 6.45) is 3.98. The highest BCUT2D eigenvalue weighted by molar-refractivity contribution is 5.83. The van der Waals surface area contributed by atoms with Crippen LogP contribution in [0.1, 0.15) is 36.4 Å². The minimum absolute atomic E-state index is 0.0684. The Balaban J connectivity index is 1.50. The van der Waals surface area contributed by atoms with Crippen molar-refractivity contribution in [2.24, 2.45) is 11.3 Å². The van der Waals surface area contributed by atoms with Crippen molar-refractivity contribution in [3.63, 3.8) is 0 Å². The summed E-state index contributed by atoms with van der Waals surface area (Å²) in [6.45, 7) is 2.05. The fraction of sp³-hybridized carbons (Fsp3) is 0.458. The number of amides is 1. The summed E-state index contributed by atoms with van der Waals surface area (Å²) in [7, 11) is 3.33. The van der Waals surface area contributed by atoms with Crippen LogP contribution in [0.4, 0.5) is 0 Å². The minimum atomic E-state index is -0.0684. The molecule has 1 aliphatic carbocycles. The smallest absolute Gasteiger partial charge is 0.224 e. The van der Waals surface area contributed by atoms with Crippen LogP contribution >= 0.6 is 0 Å². The maximum atomic E-state index is 13.1. The molecule has 1 spiro atoms. The predicted octanol–water partition coefficient (Wildman–Crippen LogP) is 3.49. The van der Waals surface area contributed by atoms with Crippen molar-refractivity contribution < 1.29 is 14.3 Å². The average Bonchev–Trinajstić information content (AvgIpc) is 3.47. The number of carbonyl (C=O) groups excluding carboxylic acids is 1. The summed E-state index contributed by atoms with van der Waals surface area (Å²) in [5.74, 6) is 2.01. The first-order chi connectivity index (χ1) is 14.1. The van der Waals surface area contributed by atoms with Gasteiger partial charge >= 0.3 is 0 Å². The van der Waals surface area contributed by atoms with E-state index in [0.717, 1.165) is 55.8 Å². The number of carbonyl (C=O) groups is 1. The summed E-state index contributed by atoms with van der Waals surface area (Å²) in [6, 6.07) is 16.0. The molecule has 29 heavy (non-hydrogen) atoms. The molecule has 0 radical (unpaired) electrons. The van der Waals surface area contributed by atoms with Crippen molar-refractivity contribution in [3.05, 3.63) is 59.7 Å². The van der Waals surface area contributed by atoms with E-state index >= 15 is 0 Å². The third-order valence-electron chi connectivity index (χ3n) is 6.54. The molecule has 1 amide bonds. The van der Waals surface area contributed by atoms with E-state index in [1.807, 2.05) is 36.4 Å². The van der Waals surface area contributed by atoms with Crippen LogP contribution in [0.25, 0.3) is 0 Å². The zero-order valence-electron chi connectivity index (χ0n) is 17.2. The molecular formula is C24H30N2O3. The number of methoxy groups -OCH3 is 2. The molecule has 2 aromatic carbocycles. The largest absolute Gasteiger partial charge is 0.497 e. The zero-order chi connectivity index (χ0) is 20.3. The zero-order valence-corrected chi connectivity index (χ0v) is 17.2. The Hall–Kier alpha value is -2.53. The van der Waals surface area contributed by atoms with Crippen molar-refractivity contribution >= 4 is 5.91 Å². The molecular weight excluding hydrogens is 364 g/mol. The van der Waals surface area contributed by atoms with Crippen LogP contribution in [0, 0.1) is 11.3 Å². The molecule has 1 saturated carbocycles. The van der Waals surface area contributed by atoms with E-state index in [0.29, 0.717) is 0 Å². The Kier molecular flexibility index (Phi) is 5.76. The molecule has 1 aliphatic heterocycles. The van der Waals surface area contributed by atoms with Crippen molar-refractivity contribution in [2.45, 2.75) is 31.7 Å². The Morgan fingerprint density at radius 3 is 2.21 bits per heavy atom. The first-order valence-electron chi connectivity index (χ1n) is 10.4. The lowest BCUT2D eigenvalue weighted by Crippen LogP contribution is -2.35. The van der Waals surface area contributed by atoms with Crippen LogP contribution in [-0.4, -0.2) is 33.2 Å². The molecule has 2 unspecified atom stereocenters. The Morgan fingerprint density at radius 1 is 1.03 bits per heavy atom. The Bertz CT molecular complexity index is 826. The van der Waals surface area contributed by atoms with Gasteiger partial charge in [0.05, 0.1) is 20.3 Å². The summed E-state index contributed by atoms with van der Waals surface area (Å²) in [5, 5.41) is 6.76. The first-order valence-corrected chi connectivity index (χ1v) is 10.4. The molecule has 2 atom stereocenters. The Morgan fingerprint density at radius 2 is 1.62 bits per heavy atom. The molecule has 4 rings (SSSR count). The van der Waals surface area contributed by atoms with Gasteiger partial charge in [-0.25, -0.2) is 0 Å². The van der Waals surface area contributed by atoms with Gasteiger partial charge in [0, 0.05) is 5.92 Å². The molecule has 2 aromatic rings. The molecule has 2 fully saturated rings. The number of ether oxygens (including phenoxy) is 2. The van der Waals surface area contributed by atoms with Gasteiger partial charge in [-0.1, -0.05) is 24.3 Å². The highest BCUT2D eigenvalue weighted by atomic mass is 16.5. The molecule has 2 N–H and O–H groups in total. The number of piperidine rings is 1. The van der Waals surface area contributed by atoms with E-state index in [-0.39, 0.29) is 23.3 Å². The first kappa shape index (κ1) is 19.8. The standard InChI is InChI=1S/C24H30N2O3/c1-28-19-7-3-17(4-8-19)15-22(18-5-9-20(29-2)10-6-18)26-23(27)21-16-24(21)11-13-25-14-12-24/h3-10,21-22,25H,11-16H2,1-2H3,(H,26,27). The topological polar surface area (TPSA) is 59.6 Å². The van der Waals surface area contributed by atoms with E-state index in [1.54, 1.807) is 14.2 Å². The van der Waals surface area contributed by atoms with Crippen LogP contribution in [0.2, 0.25) is 0 Å². The fourth-order valence-corrected chi connectivity index (χ4v) is 4.55. The maximum absolute atomic E-state index is 13.1. The SMILES string of the molecule is COc1ccc(CC(NC(=O)C2CC23CCNCC3)c2ccc(OC)cc2)cc1. The summed E-state index contributed by atoms with van der Waals surface area (Å²) < 4.78 is 10.6. The quantitative estimate of drug-likeness (QED) is 0.755. The van der Waals surface area contributed by atoms with E-state index in [4.69, 9.17) is 9.47 Å². The molecule has 1 heterocycles. The van der Waals surface area contributed by atoms with Gasteiger partial charge in [0.1, 0.15) is 11.5 Å². The van der Waals surface area contributed by atoms with E-state index in [2.05, 4.69) is 22.8 Å². The third kappa shape index (κ3) is 4.40. The van der Waals surface area contributed by atoms with Gasteiger partial charge < -0.3 is 20.1 Å². The lowest BCUT2D eigenvalue weighted by atomic mass is 9.91. The van der Waals surface area contributed by atoms with Crippen LogP contribution < -0.4 is 20.1 Å². The second kappa shape index (κ2) is 8.46. The highest BCUT2D eigenvalue weighted by Gasteiger charge is 2.57. The lowest BCUT2D eigenvalue weighted by molar-refractivity contribution is -0.124. The van der Waals surface area contributed by atoms with E-state index < -0.39 is 0 Å². The van der Waals surface area contributed by atoms with Crippen molar-refractivity contribution in [1.29, 1.82) is 0 Å². The van der Waals surface area contributed by atoms with Crippen LogP contribution in [0.15, 0.2) is 48.5 Å². The molecule has 1 saturated heterocycles. The van der Waals surface area contributed by atoms with Gasteiger partial charge in [-0.2, -0.15) is 0 Å². The van der Waals surface area contributed by atoms with Gasteiger partial charge in [0.15, 0.2) is 0 Å². The van der Waals surface area contributed by atoms with Gasteiger partial charge in [-0.15, -0.1) is 0 Å². The highest BCUT2D eigenvalue weighted by Crippen LogP contribution is 2.58. The maximum Gasteiger partial charge on any atom is 0.224 e. The van der Waals surface area contributed by atoms with Gasteiger partial charge in [-0.3, -0.25) is 4.79 Å². The average molecular weight is 395 g/mol. The molecule has 0 aromatic heterocycles. The van der Waals surface area contributed by atoms with Crippen LogP contribution in [0.3, 0.4) is 0 Å². The molecule has 2 aliphatic rings. The third-order valence-corrected chi connectivity index (χ3v) is 6.54. The van der Waals surface area contributed by atoms with Crippen molar-refractivity contribution in [2.75, 3.05) is 27.3 Å². The molecule has 154 valence electrons. The minimum Gasteiger partial charge on any atom is -0.497 e. The second-order valence-electron chi connectivity index (χ2n) is 8.26. The van der Waals surface area contributed by atoms with Crippen LogP contribution in [-0.2, 0) is 11.2 Å². The number of benzene rings is 2. The van der Waals surface area contributed by atoms with E-state index in [9.17, 15) is 4.79 Å². The van der Waals surface area contributed by atoms with E-state index in [1.165, 1.54) is 5.56 Å². The number of hydrogen-bond donors (Lipinski definition) is 2. The van der Waals surface area contributed by atoms with Gasteiger partial charge in [0.25, 0.3) is 0 Å². The summed E-state index contributed by atoms with van der Waals surface area (Å²) in [4.78, 5) is 13.1. The molecule has 0 bridgehead atoms. The van der Waals surface area contributed by atoms with Gasteiger partial charge in [0.2, 0.25) is 5.91 Å². The second-order valence-corrected chi connectivity index (χ2v) is 8.26. The number of hydrogen-bond acceptors (Lipinski definition) is 4. The van der Waals surface area contributed by atoms with Gasteiger partial charge in [-0.05, 0) is 79.6 Å². The summed E-state index contributed by atoms with van der Waals surface area (Å²) in [5.41, 5.74) is 2.49. The fourth-order valence-electron chi connectivity index (χ4n) is 4.55. The normalized spacial score (nSPS) is 20.7. The summed E-state index contributed by atoms with van der Waals surface area (Å²) >= 11 is 0. The molecule has 5 nitrogen and oxygen atoms in total. The molecule has 5 heteroatoms. The van der Waals surface area contributed by atoms with Crippen molar-refractivity contribution in [1.82, 2.24) is 10.6 Å². The number of rotatable bonds is 7. The Labute approximate surface area is 172 Å². The monoisotopic (exact) mass is 394 g/mol. The number of nitrogens with one attached hydrogen (secondary N) is 2. The van der Waals surface area contributed by atoms with Crippen LogP contribution in [0.5, 0.6) is 11.5 Å². The predicted molar refractivity (Wildman–Crippen MR) is 113 cm³/mol. The lowest BCUT2D eigenvalue weighted by Gasteiger charge is -2.25. The van der Waals surface area contributed by atoms with Crippen molar-refractivity contribution in [3.8, 4) is 11.5 Å².